The molecular weight excluding hydrogens is 245 g/mol. The Labute approximate surface area is 112 Å². The number of carbonyl (C=O) groups is 1. The molecule has 2 saturated heterocycles. The number of amides is 1. The molecule has 0 aliphatic carbocycles. The molecule has 19 heavy (non-hydrogen) atoms. The van der Waals surface area contributed by atoms with Gasteiger partial charge in [-0.15, -0.1) is 0 Å². The van der Waals surface area contributed by atoms with Gasteiger partial charge in [0, 0.05) is 50.9 Å². The first-order valence-corrected chi connectivity index (χ1v) is 6.73. The van der Waals surface area contributed by atoms with E-state index in [0.717, 1.165) is 39.3 Å². The average Bonchev–Trinajstić information content (AvgIpc) is 2.38. The molecule has 0 spiro atoms. The summed E-state index contributed by atoms with van der Waals surface area (Å²) in [5.41, 5.74) is 0.570. The molecule has 1 N–H and O–H groups in total. The van der Waals surface area contributed by atoms with Crippen molar-refractivity contribution in [1.29, 1.82) is 0 Å². The Bertz CT molecular complexity index is 450. The van der Waals surface area contributed by atoms with Gasteiger partial charge in [-0.2, -0.15) is 0 Å². The molecule has 1 aromatic carbocycles. The Morgan fingerprint density at radius 3 is 2.26 bits per heavy atom. The van der Waals surface area contributed by atoms with Gasteiger partial charge in [0.25, 0.3) is 5.91 Å². The van der Waals surface area contributed by atoms with Crippen molar-refractivity contribution in [2.45, 2.75) is 6.04 Å². The highest BCUT2D eigenvalue weighted by molar-refractivity contribution is 5.94. The van der Waals surface area contributed by atoms with Gasteiger partial charge in [0.2, 0.25) is 0 Å². The van der Waals surface area contributed by atoms with Crippen LogP contribution in [-0.2, 0) is 0 Å². The minimum atomic E-state index is -0.307. The molecule has 3 rings (SSSR count). The third-order valence-electron chi connectivity index (χ3n) is 3.97. The molecule has 0 radical (unpaired) electrons. The largest absolute Gasteiger partial charge is 0.336 e. The zero-order valence-electron chi connectivity index (χ0n) is 10.8. The number of nitrogens with one attached hydrogen (secondary N) is 1. The normalized spacial score (nSPS) is 21.2. The van der Waals surface area contributed by atoms with Gasteiger partial charge in [0.05, 0.1) is 0 Å². The minimum Gasteiger partial charge on any atom is -0.336 e. The molecule has 0 saturated carbocycles. The summed E-state index contributed by atoms with van der Waals surface area (Å²) in [6, 6.07) is 6.43. The third-order valence-corrected chi connectivity index (χ3v) is 3.97. The first kappa shape index (κ1) is 12.6. The van der Waals surface area contributed by atoms with Crippen LogP contribution >= 0.6 is 0 Å². The van der Waals surface area contributed by atoms with Gasteiger partial charge in [-0.25, -0.2) is 4.39 Å². The zero-order valence-corrected chi connectivity index (χ0v) is 10.8. The topological polar surface area (TPSA) is 35.6 Å². The molecule has 0 aromatic heterocycles. The van der Waals surface area contributed by atoms with E-state index in [2.05, 4.69) is 10.2 Å². The van der Waals surface area contributed by atoms with Gasteiger partial charge in [0.15, 0.2) is 0 Å². The summed E-state index contributed by atoms with van der Waals surface area (Å²) in [5.74, 6) is -0.301. The molecule has 2 aliphatic heterocycles. The smallest absolute Gasteiger partial charge is 0.253 e. The molecule has 4 nitrogen and oxygen atoms in total. The van der Waals surface area contributed by atoms with Crippen LogP contribution in [-0.4, -0.2) is 61.0 Å². The van der Waals surface area contributed by atoms with E-state index < -0.39 is 0 Å². The van der Waals surface area contributed by atoms with Crippen LogP contribution in [0.1, 0.15) is 10.4 Å². The van der Waals surface area contributed by atoms with Gasteiger partial charge in [-0.05, 0) is 24.3 Å². The van der Waals surface area contributed by atoms with Crippen LogP contribution in [0.2, 0.25) is 0 Å². The molecule has 2 fully saturated rings. The summed E-state index contributed by atoms with van der Waals surface area (Å²) in [5, 5.41) is 3.27. The standard InChI is InChI=1S/C14H18FN3O/c15-12-3-1-11(2-4-12)14(19)18-7-5-17(6-8-18)13-9-16-10-13/h1-4,13,16H,5-10H2. The maximum Gasteiger partial charge on any atom is 0.253 e. The van der Waals surface area contributed by atoms with Crippen LogP contribution in [0.4, 0.5) is 4.39 Å². The van der Waals surface area contributed by atoms with Crippen LogP contribution in [0.5, 0.6) is 0 Å². The second kappa shape index (κ2) is 5.27. The second-order valence-electron chi connectivity index (χ2n) is 5.15. The van der Waals surface area contributed by atoms with E-state index in [4.69, 9.17) is 0 Å². The van der Waals surface area contributed by atoms with Crippen molar-refractivity contribution in [3.63, 3.8) is 0 Å². The van der Waals surface area contributed by atoms with E-state index in [-0.39, 0.29) is 11.7 Å². The summed E-state index contributed by atoms with van der Waals surface area (Å²) in [4.78, 5) is 16.5. The summed E-state index contributed by atoms with van der Waals surface area (Å²) < 4.78 is 12.8. The zero-order chi connectivity index (χ0) is 13.2. The summed E-state index contributed by atoms with van der Waals surface area (Å²) in [6.45, 7) is 5.50. The van der Waals surface area contributed by atoms with E-state index in [1.807, 2.05) is 4.90 Å². The molecule has 1 amide bonds. The SMILES string of the molecule is O=C(c1ccc(F)cc1)N1CCN(C2CNC2)CC1. The lowest BCUT2D eigenvalue weighted by Crippen LogP contribution is -2.62. The molecule has 0 atom stereocenters. The van der Waals surface area contributed by atoms with Gasteiger partial charge >= 0.3 is 0 Å². The van der Waals surface area contributed by atoms with Crippen LogP contribution in [0, 0.1) is 5.82 Å². The van der Waals surface area contributed by atoms with Crippen molar-refractivity contribution in [3.8, 4) is 0 Å². The Balaban J connectivity index is 1.58. The van der Waals surface area contributed by atoms with Crippen molar-refractivity contribution in [1.82, 2.24) is 15.1 Å². The number of carbonyl (C=O) groups excluding carboxylic acids is 1. The number of halogens is 1. The van der Waals surface area contributed by atoms with Gasteiger partial charge in [-0.1, -0.05) is 0 Å². The van der Waals surface area contributed by atoms with Crippen molar-refractivity contribution in [3.05, 3.63) is 35.6 Å². The molecule has 0 unspecified atom stereocenters. The van der Waals surface area contributed by atoms with Crippen molar-refractivity contribution < 1.29 is 9.18 Å². The van der Waals surface area contributed by atoms with Crippen molar-refractivity contribution in [2.24, 2.45) is 0 Å². The van der Waals surface area contributed by atoms with E-state index in [0.29, 0.717) is 11.6 Å². The lowest BCUT2D eigenvalue weighted by atomic mass is 10.1. The second-order valence-corrected chi connectivity index (χ2v) is 5.15. The number of nitrogens with zero attached hydrogens (tertiary/aromatic N) is 2. The molecule has 1 aromatic rings. The molecule has 5 heteroatoms. The quantitative estimate of drug-likeness (QED) is 0.846. The Kier molecular flexibility index (Phi) is 3.48. The first-order valence-electron chi connectivity index (χ1n) is 6.73. The highest BCUT2D eigenvalue weighted by Gasteiger charge is 2.29. The number of hydrogen-bond donors (Lipinski definition) is 1. The number of rotatable bonds is 2. The first-order chi connectivity index (χ1) is 9.24. The predicted molar refractivity (Wildman–Crippen MR) is 70.5 cm³/mol. The third kappa shape index (κ3) is 2.62. The summed E-state index contributed by atoms with van der Waals surface area (Å²) in [7, 11) is 0. The van der Waals surface area contributed by atoms with E-state index >= 15 is 0 Å². The molecule has 0 bridgehead atoms. The summed E-state index contributed by atoms with van der Waals surface area (Å²) >= 11 is 0. The van der Waals surface area contributed by atoms with Crippen molar-refractivity contribution in [2.75, 3.05) is 39.3 Å². The predicted octanol–water partition coefficient (Wildman–Crippen LogP) is 0.555. The van der Waals surface area contributed by atoms with Gasteiger partial charge < -0.3 is 10.2 Å². The molecule has 2 aliphatic rings. The van der Waals surface area contributed by atoms with Crippen LogP contribution in [0.15, 0.2) is 24.3 Å². The lowest BCUT2D eigenvalue weighted by Gasteiger charge is -2.43. The van der Waals surface area contributed by atoms with Crippen LogP contribution < -0.4 is 5.32 Å². The Morgan fingerprint density at radius 2 is 1.74 bits per heavy atom. The van der Waals surface area contributed by atoms with E-state index in [1.165, 1.54) is 12.1 Å². The average molecular weight is 263 g/mol. The number of hydrogen-bond acceptors (Lipinski definition) is 3. The maximum absolute atomic E-state index is 12.8. The van der Waals surface area contributed by atoms with E-state index in [1.54, 1.807) is 12.1 Å². The van der Waals surface area contributed by atoms with E-state index in [9.17, 15) is 9.18 Å². The fourth-order valence-corrected chi connectivity index (χ4v) is 2.60. The van der Waals surface area contributed by atoms with Crippen molar-refractivity contribution >= 4 is 5.91 Å². The Morgan fingerprint density at radius 1 is 1.11 bits per heavy atom. The van der Waals surface area contributed by atoms with Gasteiger partial charge in [0.1, 0.15) is 5.82 Å². The minimum absolute atomic E-state index is 0.00591. The fourth-order valence-electron chi connectivity index (χ4n) is 2.60. The monoisotopic (exact) mass is 263 g/mol. The molecule has 102 valence electrons. The fraction of sp³-hybridized carbons (Fsp3) is 0.500. The highest BCUT2D eigenvalue weighted by Crippen LogP contribution is 2.13. The lowest BCUT2D eigenvalue weighted by molar-refractivity contribution is 0.0502. The van der Waals surface area contributed by atoms with Crippen LogP contribution in [0.25, 0.3) is 0 Å². The van der Waals surface area contributed by atoms with Gasteiger partial charge in [-0.3, -0.25) is 9.69 Å². The summed E-state index contributed by atoms with van der Waals surface area (Å²) in [6.07, 6.45) is 0. The molecular formula is C14H18FN3O. The number of benzene rings is 1. The Hall–Kier alpha value is -1.46. The maximum atomic E-state index is 12.8. The highest BCUT2D eigenvalue weighted by atomic mass is 19.1. The number of piperazine rings is 1. The van der Waals surface area contributed by atoms with Crippen LogP contribution in [0.3, 0.4) is 0 Å². The molecule has 2 heterocycles.